The molecule has 0 unspecified atom stereocenters. The number of aliphatic hydroxyl groups excluding tert-OH is 1. The van der Waals surface area contributed by atoms with Gasteiger partial charge in [0.25, 0.3) is 0 Å². The lowest BCUT2D eigenvalue weighted by atomic mass is 9.96. The van der Waals surface area contributed by atoms with Gasteiger partial charge in [0, 0.05) is 10.3 Å². The van der Waals surface area contributed by atoms with E-state index >= 15 is 0 Å². The van der Waals surface area contributed by atoms with E-state index in [1.807, 2.05) is 24.3 Å². The molecule has 1 aromatic heterocycles. The van der Waals surface area contributed by atoms with E-state index in [1.54, 1.807) is 17.8 Å². The number of hydrogen-bond acceptors (Lipinski definition) is 5. The summed E-state index contributed by atoms with van der Waals surface area (Å²) in [4.78, 5) is 17.0. The van der Waals surface area contributed by atoms with Crippen molar-refractivity contribution in [2.45, 2.75) is 101 Å². The molecule has 0 saturated heterocycles. The number of nitrogens with zero attached hydrogens (tertiary/aromatic N) is 1. The molecule has 0 amide bonds. The number of aromatic nitrogens is 1. The van der Waals surface area contributed by atoms with Crippen LogP contribution in [0.2, 0.25) is 0 Å². The van der Waals surface area contributed by atoms with Gasteiger partial charge < -0.3 is 14.9 Å². The monoisotopic (exact) mass is 563 g/mol. The zero-order valence-corrected chi connectivity index (χ0v) is 25.1. The lowest BCUT2D eigenvalue weighted by Crippen LogP contribution is -2.09. The maximum absolute atomic E-state index is 11.6. The fourth-order valence-electron chi connectivity index (χ4n) is 4.97. The molecule has 0 aliphatic carbocycles. The number of aryl methyl sites for hydroxylation is 2. The highest BCUT2D eigenvalue weighted by Crippen LogP contribution is 2.34. The largest absolute Gasteiger partial charge is 0.511 e. The SMILES string of the molecule is CCCC=C(O)[C@H](CCc1ccccc1CCCCCCCCC)Sc1ccc2cc(C(=O)O)c(OC)nc2c1. The Bertz CT molecular complexity index is 1260. The minimum atomic E-state index is -1.07. The lowest BCUT2D eigenvalue weighted by molar-refractivity contribution is 0.0692. The van der Waals surface area contributed by atoms with Gasteiger partial charge in [0.2, 0.25) is 5.88 Å². The van der Waals surface area contributed by atoms with Crippen molar-refractivity contribution in [2.75, 3.05) is 7.11 Å². The fraction of sp³-hybridized carbons (Fsp3) is 0.471. The highest BCUT2D eigenvalue weighted by Gasteiger charge is 2.18. The van der Waals surface area contributed by atoms with Gasteiger partial charge in [-0.15, -0.1) is 11.8 Å². The summed E-state index contributed by atoms with van der Waals surface area (Å²) in [7, 11) is 1.43. The maximum Gasteiger partial charge on any atom is 0.341 e. The third kappa shape index (κ3) is 9.58. The zero-order chi connectivity index (χ0) is 28.7. The molecule has 2 N–H and O–H groups in total. The number of ether oxygens (including phenoxy) is 1. The van der Waals surface area contributed by atoms with Gasteiger partial charge in [-0.05, 0) is 67.5 Å². The molecule has 1 heterocycles. The van der Waals surface area contributed by atoms with Gasteiger partial charge in [-0.25, -0.2) is 9.78 Å². The third-order valence-corrected chi connectivity index (χ3v) is 8.56. The van der Waals surface area contributed by atoms with Gasteiger partial charge in [-0.1, -0.05) is 89.1 Å². The number of unbranched alkanes of at least 4 members (excludes halogenated alkanes) is 7. The molecule has 1 atom stereocenters. The Hall–Kier alpha value is -2.99. The van der Waals surface area contributed by atoms with Crippen LogP contribution < -0.4 is 4.74 Å². The van der Waals surface area contributed by atoms with Crippen molar-refractivity contribution in [2.24, 2.45) is 0 Å². The Kier molecular flexibility index (Phi) is 13.4. The highest BCUT2D eigenvalue weighted by molar-refractivity contribution is 8.00. The summed E-state index contributed by atoms with van der Waals surface area (Å²) in [5.41, 5.74) is 3.51. The number of carboxylic acids is 1. The van der Waals surface area contributed by atoms with Gasteiger partial charge in [0.05, 0.1) is 17.9 Å². The molecule has 0 fully saturated rings. The van der Waals surface area contributed by atoms with E-state index in [-0.39, 0.29) is 16.7 Å². The first-order valence-electron chi connectivity index (χ1n) is 14.8. The van der Waals surface area contributed by atoms with Crippen LogP contribution >= 0.6 is 11.8 Å². The normalized spacial score (nSPS) is 12.5. The van der Waals surface area contributed by atoms with Crippen LogP contribution in [0.25, 0.3) is 10.9 Å². The number of allylic oxidation sites excluding steroid dienone is 1. The van der Waals surface area contributed by atoms with Gasteiger partial charge in [0.15, 0.2) is 0 Å². The number of fused-ring (bicyclic) bond motifs is 1. The zero-order valence-electron chi connectivity index (χ0n) is 24.3. The average Bonchev–Trinajstić information content (AvgIpc) is 2.97. The van der Waals surface area contributed by atoms with Crippen LogP contribution in [0.3, 0.4) is 0 Å². The summed E-state index contributed by atoms with van der Waals surface area (Å²) < 4.78 is 5.23. The number of carboxylic acid groups (broad SMARTS) is 1. The van der Waals surface area contributed by atoms with Crippen molar-refractivity contribution in [3.63, 3.8) is 0 Å². The molecule has 3 rings (SSSR count). The summed E-state index contributed by atoms with van der Waals surface area (Å²) >= 11 is 1.63. The second kappa shape index (κ2) is 17.0. The molecular formula is C34H45NO4S. The number of carbonyl (C=O) groups is 1. The predicted octanol–water partition coefficient (Wildman–Crippen LogP) is 9.57. The molecule has 3 aromatic rings. The molecule has 0 spiro atoms. The predicted molar refractivity (Wildman–Crippen MR) is 167 cm³/mol. The first kappa shape index (κ1) is 31.5. The lowest BCUT2D eigenvalue weighted by Gasteiger charge is -2.18. The standard InChI is InChI=1S/C34H45NO4S/c1-4-6-8-9-10-11-12-15-25-16-13-14-17-26(25)20-22-32(31(36)18-7-5-2)40-28-21-19-27-23-29(34(37)38)33(39-3)35-30(27)24-28/h13-14,16-19,21,23-24,32,36H,4-12,15,20,22H2,1-3H3,(H,37,38)/t32-/m0/s1. The number of pyridine rings is 1. The number of benzene rings is 2. The van der Waals surface area contributed by atoms with E-state index in [0.717, 1.165) is 42.4 Å². The first-order valence-corrected chi connectivity index (χ1v) is 15.7. The summed E-state index contributed by atoms with van der Waals surface area (Å²) in [5, 5.41) is 21.2. The van der Waals surface area contributed by atoms with Crippen LogP contribution in [-0.2, 0) is 12.8 Å². The van der Waals surface area contributed by atoms with Crippen LogP contribution in [0.1, 0.15) is 99.5 Å². The molecule has 6 heteroatoms. The Balaban J connectivity index is 1.72. The summed E-state index contributed by atoms with van der Waals surface area (Å²) in [6.45, 7) is 4.37. The second-order valence-corrected chi connectivity index (χ2v) is 11.7. The summed E-state index contributed by atoms with van der Waals surface area (Å²) in [6, 6.07) is 16.1. The number of rotatable bonds is 18. The minimum absolute atomic E-state index is 0.0450. The summed E-state index contributed by atoms with van der Waals surface area (Å²) in [6.07, 6.45) is 15.7. The number of thioether (sulfide) groups is 1. The molecule has 0 aliphatic heterocycles. The molecule has 40 heavy (non-hydrogen) atoms. The smallest absolute Gasteiger partial charge is 0.341 e. The quantitative estimate of drug-likeness (QED) is 0.0911. The van der Waals surface area contributed by atoms with E-state index < -0.39 is 5.97 Å². The van der Waals surface area contributed by atoms with Crippen LogP contribution in [0.4, 0.5) is 0 Å². The average molecular weight is 564 g/mol. The van der Waals surface area contributed by atoms with E-state index in [4.69, 9.17) is 4.74 Å². The second-order valence-electron chi connectivity index (χ2n) is 10.4. The Morgan fingerprint density at radius 3 is 2.30 bits per heavy atom. The molecule has 0 bridgehead atoms. The number of hydrogen-bond donors (Lipinski definition) is 2. The Morgan fingerprint density at radius 1 is 0.925 bits per heavy atom. The highest BCUT2D eigenvalue weighted by atomic mass is 32.2. The van der Waals surface area contributed by atoms with Crippen molar-refractivity contribution in [3.8, 4) is 5.88 Å². The molecular weight excluding hydrogens is 518 g/mol. The molecule has 0 aliphatic rings. The van der Waals surface area contributed by atoms with Crippen molar-refractivity contribution < 1.29 is 19.7 Å². The fourth-order valence-corrected chi connectivity index (χ4v) is 6.08. The van der Waals surface area contributed by atoms with Crippen molar-refractivity contribution in [1.29, 1.82) is 0 Å². The molecule has 216 valence electrons. The molecule has 2 aromatic carbocycles. The van der Waals surface area contributed by atoms with Crippen molar-refractivity contribution >= 4 is 28.6 Å². The third-order valence-electron chi connectivity index (χ3n) is 7.27. The number of aliphatic hydroxyl groups is 1. The van der Waals surface area contributed by atoms with E-state index in [1.165, 1.54) is 63.2 Å². The van der Waals surface area contributed by atoms with Crippen LogP contribution in [0.15, 0.2) is 65.3 Å². The Morgan fingerprint density at radius 2 is 1.62 bits per heavy atom. The maximum atomic E-state index is 11.6. The van der Waals surface area contributed by atoms with Crippen LogP contribution in [0, 0.1) is 0 Å². The summed E-state index contributed by atoms with van der Waals surface area (Å²) in [5.74, 6) is -0.548. The van der Waals surface area contributed by atoms with Crippen molar-refractivity contribution in [1.82, 2.24) is 4.98 Å². The first-order chi connectivity index (χ1) is 19.5. The molecule has 5 nitrogen and oxygen atoms in total. The topological polar surface area (TPSA) is 79.7 Å². The number of methoxy groups -OCH3 is 1. The van der Waals surface area contributed by atoms with Crippen LogP contribution in [0.5, 0.6) is 5.88 Å². The van der Waals surface area contributed by atoms with Gasteiger partial charge in [0.1, 0.15) is 11.3 Å². The van der Waals surface area contributed by atoms with Gasteiger partial charge in [-0.3, -0.25) is 0 Å². The number of aromatic carboxylic acids is 1. The van der Waals surface area contributed by atoms with Gasteiger partial charge in [-0.2, -0.15) is 0 Å². The van der Waals surface area contributed by atoms with E-state index in [9.17, 15) is 15.0 Å². The molecule has 0 radical (unpaired) electrons. The molecule has 0 saturated carbocycles. The minimum Gasteiger partial charge on any atom is -0.511 e. The van der Waals surface area contributed by atoms with E-state index in [0.29, 0.717) is 11.3 Å². The van der Waals surface area contributed by atoms with E-state index in [2.05, 4.69) is 43.1 Å². The van der Waals surface area contributed by atoms with Crippen molar-refractivity contribution in [3.05, 3.63) is 77.1 Å². The van der Waals surface area contributed by atoms with Gasteiger partial charge >= 0.3 is 5.97 Å². The Labute approximate surface area is 244 Å². The van der Waals surface area contributed by atoms with Crippen LogP contribution in [-0.4, -0.2) is 33.5 Å².